The lowest BCUT2D eigenvalue weighted by atomic mass is 10.1. The first-order valence-electron chi connectivity index (χ1n) is 9.12. The molecule has 0 fully saturated rings. The number of ether oxygens (including phenoxy) is 1. The highest BCUT2D eigenvalue weighted by Gasteiger charge is 2.21. The van der Waals surface area contributed by atoms with Gasteiger partial charge in [0.2, 0.25) is 10.0 Å². The summed E-state index contributed by atoms with van der Waals surface area (Å²) in [6.45, 7) is 0.0535. The first kappa shape index (κ1) is 22.4. The lowest BCUT2D eigenvalue weighted by molar-refractivity contribution is 0.102. The van der Waals surface area contributed by atoms with E-state index >= 15 is 0 Å². The summed E-state index contributed by atoms with van der Waals surface area (Å²) in [5.74, 6) is 2.13. The van der Waals surface area contributed by atoms with Crippen molar-refractivity contribution in [2.75, 3.05) is 12.4 Å². The lowest BCUT2D eigenvalue weighted by Crippen LogP contribution is -2.24. The van der Waals surface area contributed by atoms with Crippen LogP contribution in [0.15, 0.2) is 71.6 Å². The average Bonchev–Trinajstić information content (AvgIpc) is 2.78. The number of halogens is 1. The fraction of sp³-hybridized carbons (Fsp3) is 0.0870. The molecule has 0 aromatic heterocycles. The molecular formula is C23H19ClN2O4S. The van der Waals surface area contributed by atoms with Crippen molar-refractivity contribution in [3.63, 3.8) is 0 Å². The Balaban J connectivity index is 1.84. The SMILES string of the molecule is C#Cc1cccc(NC(=O)c2ccc(OC)c(S(=O)(=O)NCc3ccc(Cl)cc3)c2)c1. The number of methoxy groups -OCH3 is 1. The first-order valence-corrected chi connectivity index (χ1v) is 11.0. The average molecular weight is 455 g/mol. The van der Waals surface area contributed by atoms with Crippen LogP contribution < -0.4 is 14.8 Å². The third kappa shape index (κ3) is 5.64. The normalized spacial score (nSPS) is 10.9. The summed E-state index contributed by atoms with van der Waals surface area (Å²) in [7, 11) is -2.61. The van der Waals surface area contributed by atoms with Crippen LogP contribution >= 0.6 is 11.6 Å². The highest BCUT2D eigenvalue weighted by Crippen LogP contribution is 2.26. The van der Waals surface area contributed by atoms with E-state index in [1.807, 2.05) is 0 Å². The van der Waals surface area contributed by atoms with Crippen LogP contribution in [0.3, 0.4) is 0 Å². The van der Waals surface area contributed by atoms with E-state index in [4.69, 9.17) is 22.8 Å². The van der Waals surface area contributed by atoms with E-state index in [0.717, 1.165) is 5.56 Å². The number of amides is 1. The number of sulfonamides is 1. The Hall–Kier alpha value is -3.31. The Morgan fingerprint density at radius 2 is 1.84 bits per heavy atom. The quantitative estimate of drug-likeness (QED) is 0.527. The van der Waals surface area contributed by atoms with Gasteiger partial charge in [0.25, 0.3) is 5.91 Å². The highest BCUT2D eigenvalue weighted by atomic mass is 35.5. The number of hydrogen-bond acceptors (Lipinski definition) is 4. The number of carbonyl (C=O) groups is 1. The molecule has 1 amide bonds. The molecule has 0 aliphatic rings. The maximum atomic E-state index is 12.9. The van der Waals surface area contributed by atoms with Crippen LogP contribution in [0.2, 0.25) is 5.02 Å². The number of hydrogen-bond donors (Lipinski definition) is 2. The zero-order chi connectivity index (χ0) is 22.4. The van der Waals surface area contributed by atoms with Crippen molar-refractivity contribution < 1.29 is 17.9 Å². The van der Waals surface area contributed by atoms with Crippen LogP contribution in [0, 0.1) is 12.3 Å². The molecule has 6 nitrogen and oxygen atoms in total. The molecule has 158 valence electrons. The molecule has 0 atom stereocenters. The molecule has 0 bridgehead atoms. The van der Waals surface area contributed by atoms with Crippen LogP contribution in [-0.4, -0.2) is 21.4 Å². The second kappa shape index (κ2) is 9.67. The summed E-state index contributed by atoms with van der Waals surface area (Å²) in [6, 6.07) is 17.8. The van der Waals surface area contributed by atoms with Gasteiger partial charge in [-0.15, -0.1) is 6.42 Å². The van der Waals surface area contributed by atoms with Crippen molar-refractivity contribution in [2.24, 2.45) is 0 Å². The van der Waals surface area contributed by atoms with Gasteiger partial charge >= 0.3 is 0 Å². The Morgan fingerprint density at radius 3 is 2.52 bits per heavy atom. The second-order valence-electron chi connectivity index (χ2n) is 6.50. The number of nitrogens with one attached hydrogen (secondary N) is 2. The summed E-state index contributed by atoms with van der Waals surface area (Å²) in [5.41, 5.74) is 2.00. The maximum absolute atomic E-state index is 12.9. The first-order chi connectivity index (χ1) is 14.8. The van der Waals surface area contributed by atoms with Gasteiger partial charge in [-0.05, 0) is 54.1 Å². The van der Waals surface area contributed by atoms with Crippen molar-refractivity contribution in [1.29, 1.82) is 0 Å². The van der Waals surface area contributed by atoms with Gasteiger partial charge in [0.15, 0.2) is 0 Å². The van der Waals surface area contributed by atoms with Gasteiger partial charge in [-0.3, -0.25) is 4.79 Å². The van der Waals surface area contributed by atoms with Crippen LogP contribution in [0.25, 0.3) is 0 Å². The molecule has 0 unspecified atom stereocenters. The van der Waals surface area contributed by atoms with E-state index in [1.54, 1.807) is 48.5 Å². The summed E-state index contributed by atoms with van der Waals surface area (Å²) in [6.07, 6.45) is 5.38. The smallest absolute Gasteiger partial charge is 0.255 e. The van der Waals surface area contributed by atoms with Gasteiger partial charge in [0, 0.05) is 28.4 Å². The Labute approximate surface area is 186 Å². The van der Waals surface area contributed by atoms with Crippen molar-refractivity contribution in [3.05, 3.63) is 88.4 Å². The van der Waals surface area contributed by atoms with Gasteiger partial charge in [0.05, 0.1) is 7.11 Å². The maximum Gasteiger partial charge on any atom is 0.255 e. The molecule has 0 saturated heterocycles. The van der Waals surface area contributed by atoms with E-state index < -0.39 is 15.9 Å². The van der Waals surface area contributed by atoms with E-state index in [1.165, 1.54) is 25.3 Å². The molecule has 0 aliphatic carbocycles. The third-order valence-electron chi connectivity index (χ3n) is 4.38. The molecule has 0 heterocycles. The zero-order valence-corrected chi connectivity index (χ0v) is 18.1. The van der Waals surface area contributed by atoms with E-state index in [0.29, 0.717) is 16.3 Å². The number of rotatable bonds is 7. The van der Waals surface area contributed by atoms with Crippen molar-refractivity contribution in [1.82, 2.24) is 4.72 Å². The molecule has 3 rings (SSSR count). The lowest BCUT2D eigenvalue weighted by Gasteiger charge is -2.13. The minimum atomic E-state index is -3.97. The molecule has 3 aromatic carbocycles. The molecule has 0 radical (unpaired) electrons. The summed E-state index contributed by atoms with van der Waals surface area (Å²) < 4.78 is 33.5. The Morgan fingerprint density at radius 1 is 1.10 bits per heavy atom. The van der Waals surface area contributed by atoms with Crippen LogP contribution in [0.4, 0.5) is 5.69 Å². The van der Waals surface area contributed by atoms with Crippen molar-refractivity contribution >= 4 is 33.2 Å². The fourth-order valence-electron chi connectivity index (χ4n) is 2.78. The van der Waals surface area contributed by atoms with Crippen LogP contribution in [-0.2, 0) is 16.6 Å². The van der Waals surface area contributed by atoms with Crippen molar-refractivity contribution in [3.8, 4) is 18.1 Å². The standard InChI is InChI=1S/C23H19ClN2O4S/c1-3-16-5-4-6-20(13-16)26-23(27)18-9-12-21(30-2)22(14-18)31(28,29)25-15-17-7-10-19(24)11-8-17/h1,4-14,25H,15H2,2H3,(H,26,27). The largest absolute Gasteiger partial charge is 0.495 e. The van der Waals surface area contributed by atoms with Crippen LogP contribution in [0.5, 0.6) is 5.75 Å². The topological polar surface area (TPSA) is 84.5 Å². The third-order valence-corrected chi connectivity index (χ3v) is 6.06. The van der Waals surface area contributed by atoms with E-state index in [-0.39, 0.29) is 22.8 Å². The molecule has 0 saturated carbocycles. The van der Waals surface area contributed by atoms with E-state index in [2.05, 4.69) is 16.0 Å². The molecule has 8 heteroatoms. The Bertz CT molecular complexity index is 1250. The Kier molecular flexibility index (Phi) is 6.98. The van der Waals surface area contributed by atoms with E-state index in [9.17, 15) is 13.2 Å². The summed E-state index contributed by atoms with van der Waals surface area (Å²) in [5, 5.41) is 3.26. The molecule has 3 aromatic rings. The number of anilines is 1. The number of benzene rings is 3. The number of terminal acetylenes is 1. The fourth-order valence-corrected chi connectivity index (χ4v) is 4.11. The molecule has 2 N–H and O–H groups in total. The minimum Gasteiger partial charge on any atom is -0.495 e. The molecule has 0 aliphatic heterocycles. The second-order valence-corrected chi connectivity index (χ2v) is 8.67. The molecular weight excluding hydrogens is 436 g/mol. The molecule has 0 spiro atoms. The summed E-state index contributed by atoms with van der Waals surface area (Å²) in [4.78, 5) is 12.5. The van der Waals surface area contributed by atoms with Gasteiger partial charge in [-0.2, -0.15) is 0 Å². The predicted molar refractivity (Wildman–Crippen MR) is 121 cm³/mol. The van der Waals surface area contributed by atoms with Crippen molar-refractivity contribution in [2.45, 2.75) is 11.4 Å². The van der Waals surface area contributed by atoms with Crippen LogP contribution in [0.1, 0.15) is 21.5 Å². The predicted octanol–water partition coefficient (Wildman–Crippen LogP) is 4.06. The number of carbonyl (C=O) groups excluding carboxylic acids is 1. The molecule has 31 heavy (non-hydrogen) atoms. The highest BCUT2D eigenvalue weighted by molar-refractivity contribution is 7.89. The van der Waals surface area contributed by atoms with Gasteiger partial charge in [0.1, 0.15) is 10.6 Å². The minimum absolute atomic E-state index is 0.0535. The monoisotopic (exact) mass is 454 g/mol. The van der Waals surface area contributed by atoms with Gasteiger partial charge in [-0.25, -0.2) is 13.1 Å². The van der Waals surface area contributed by atoms with Gasteiger partial charge < -0.3 is 10.1 Å². The zero-order valence-electron chi connectivity index (χ0n) is 16.6. The summed E-state index contributed by atoms with van der Waals surface area (Å²) >= 11 is 5.86. The van der Waals surface area contributed by atoms with Gasteiger partial charge in [-0.1, -0.05) is 35.7 Å².